The number of ether oxygens (including phenoxy) is 1. The molecule has 0 amide bonds. The first-order valence-corrected chi connectivity index (χ1v) is 4.17. The number of fused-ring (bicyclic) bond motifs is 1. The van der Waals surface area contributed by atoms with Crippen LogP contribution in [0.3, 0.4) is 0 Å². The molecule has 2 aromatic rings. The number of hydrogen-bond donors (Lipinski definition) is 2. The number of rotatable bonds is 2. The van der Waals surface area contributed by atoms with Crippen molar-refractivity contribution in [3.05, 3.63) is 29.6 Å². The fourth-order valence-corrected chi connectivity index (χ4v) is 1.39. The maximum Gasteiger partial charge on any atom is 0.186 e. The van der Waals surface area contributed by atoms with E-state index in [-0.39, 0.29) is 16.6 Å². The van der Waals surface area contributed by atoms with Crippen LogP contribution in [0.2, 0.25) is 0 Å². The summed E-state index contributed by atoms with van der Waals surface area (Å²) in [5.41, 5.74) is 0.188. The molecule has 0 aliphatic heterocycles. The van der Waals surface area contributed by atoms with E-state index in [1.807, 2.05) is 0 Å². The molecule has 0 radical (unpaired) electrons. The fourth-order valence-electron chi connectivity index (χ4n) is 1.39. The number of nitrogens with zero attached hydrogens (tertiary/aromatic N) is 1. The summed E-state index contributed by atoms with van der Waals surface area (Å²) >= 11 is 0. The third-order valence-electron chi connectivity index (χ3n) is 2.12. The largest absolute Gasteiger partial charge is 0.364 e. The third-order valence-corrected chi connectivity index (χ3v) is 2.12. The Balaban J connectivity index is 2.74. The van der Waals surface area contributed by atoms with Crippen molar-refractivity contribution in [3.63, 3.8) is 0 Å². The highest BCUT2D eigenvalue weighted by Gasteiger charge is 2.18. The summed E-state index contributed by atoms with van der Waals surface area (Å²) in [5, 5.41) is 9.40. The number of aliphatic hydroxyl groups is 1. The third kappa shape index (κ3) is 1.47. The summed E-state index contributed by atoms with van der Waals surface area (Å²) in [6, 6.07) is 0.879. The van der Waals surface area contributed by atoms with Crippen LogP contribution in [0.15, 0.2) is 12.4 Å². The lowest BCUT2D eigenvalue weighted by Crippen LogP contribution is -2.02. The molecule has 1 atom stereocenters. The molecule has 1 unspecified atom stereocenters. The van der Waals surface area contributed by atoms with Gasteiger partial charge in [0, 0.05) is 12.7 Å². The van der Waals surface area contributed by atoms with Gasteiger partial charge in [-0.05, 0) is 6.07 Å². The van der Waals surface area contributed by atoms with Crippen LogP contribution in [0.25, 0.3) is 11.0 Å². The Labute approximate surface area is 83.5 Å². The number of nitrogens with one attached hydrogen (secondary N) is 1. The van der Waals surface area contributed by atoms with Gasteiger partial charge < -0.3 is 14.8 Å². The Morgan fingerprint density at radius 2 is 2.27 bits per heavy atom. The quantitative estimate of drug-likeness (QED) is 0.744. The van der Waals surface area contributed by atoms with E-state index in [0.717, 1.165) is 6.07 Å². The van der Waals surface area contributed by atoms with E-state index >= 15 is 0 Å². The Hall–Kier alpha value is -1.53. The molecule has 0 aliphatic rings. The van der Waals surface area contributed by atoms with E-state index < -0.39 is 17.9 Å². The predicted molar refractivity (Wildman–Crippen MR) is 48.0 cm³/mol. The van der Waals surface area contributed by atoms with Crippen molar-refractivity contribution in [2.75, 3.05) is 7.11 Å². The lowest BCUT2D eigenvalue weighted by atomic mass is 10.1. The minimum atomic E-state index is -1.32. The first-order chi connectivity index (χ1) is 7.15. The monoisotopic (exact) mass is 214 g/mol. The van der Waals surface area contributed by atoms with Gasteiger partial charge in [0.25, 0.3) is 0 Å². The van der Waals surface area contributed by atoms with Crippen LogP contribution in [0.4, 0.5) is 8.78 Å². The zero-order valence-electron chi connectivity index (χ0n) is 7.79. The number of benzene rings is 1. The van der Waals surface area contributed by atoms with Gasteiger partial charge in [0.2, 0.25) is 0 Å². The van der Waals surface area contributed by atoms with Crippen LogP contribution in [-0.2, 0) is 4.74 Å². The molecule has 0 fully saturated rings. The van der Waals surface area contributed by atoms with Gasteiger partial charge in [0.15, 0.2) is 17.9 Å². The molecule has 1 aromatic heterocycles. The number of methoxy groups -OCH3 is 1. The molecule has 4 nitrogen and oxygen atoms in total. The smallest absolute Gasteiger partial charge is 0.186 e. The highest BCUT2D eigenvalue weighted by Crippen LogP contribution is 2.26. The maximum absolute atomic E-state index is 13.2. The number of aromatic amines is 1. The van der Waals surface area contributed by atoms with Gasteiger partial charge >= 0.3 is 0 Å². The van der Waals surface area contributed by atoms with Gasteiger partial charge in [-0.2, -0.15) is 0 Å². The molecule has 6 heteroatoms. The van der Waals surface area contributed by atoms with Crippen molar-refractivity contribution >= 4 is 11.0 Å². The minimum absolute atomic E-state index is 0.115. The van der Waals surface area contributed by atoms with E-state index in [4.69, 9.17) is 0 Å². The van der Waals surface area contributed by atoms with Crippen molar-refractivity contribution in [2.24, 2.45) is 0 Å². The predicted octanol–water partition coefficient (Wildman–Crippen LogP) is 1.48. The second-order valence-electron chi connectivity index (χ2n) is 2.98. The van der Waals surface area contributed by atoms with Crippen LogP contribution < -0.4 is 0 Å². The second kappa shape index (κ2) is 3.56. The van der Waals surface area contributed by atoms with Crippen molar-refractivity contribution in [2.45, 2.75) is 6.29 Å². The highest BCUT2D eigenvalue weighted by molar-refractivity contribution is 5.79. The summed E-state index contributed by atoms with van der Waals surface area (Å²) in [7, 11) is 1.26. The van der Waals surface area contributed by atoms with Crippen LogP contribution in [0.5, 0.6) is 0 Å². The second-order valence-corrected chi connectivity index (χ2v) is 2.98. The summed E-state index contributed by atoms with van der Waals surface area (Å²) in [4.78, 5) is 6.23. The number of aromatic nitrogens is 2. The number of H-pyrrole nitrogens is 1. The van der Waals surface area contributed by atoms with Crippen LogP contribution in [-0.4, -0.2) is 22.2 Å². The van der Waals surface area contributed by atoms with Crippen LogP contribution in [0, 0.1) is 11.6 Å². The van der Waals surface area contributed by atoms with E-state index in [1.54, 1.807) is 0 Å². The molecule has 1 heterocycles. The Morgan fingerprint density at radius 3 is 2.93 bits per heavy atom. The zero-order chi connectivity index (χ0) is 11.0. The van der Waals surface area contributed by atoms with E-state index in [1.165, 1.54) is 13.4 Å². The van der Waals surface area contributed by atoms with Crippen molar-refractivity contribution in [1.29, 1.82) is 0 Å². The van der Waals surface area contributed by atoms with Gasteiger partial charge in [-0.3, -0.25) is 0 Å². The summed E-state index contributed by atoms with van der Waals surface area (Å²) in [6.07, 6.45) is -0.0953. The molecule has 2 rings (SSSR count). The average Bonchev–Trinajstić information content (AvgIpc) is 2.71. The minimum Gasteiger partial charge on any atom is -0.364 e. The van der Waals surface area contributed by atoms with Crippen LogP contribution >= 0.6 is 0 Å². The summed E-state index contributed by atoms with van der Waals surface area (Å²) in [6.45, 7) is 0. The average molecular weight is 214 g/mol. The van der Waals surface area contributed by atoms with Gasteiger partial charge in [0.1, 0.15) is 5.52 Å². The number of imidazole rings is 1. The van der Waals surface area contributed by atoms with Crippen molar-refractivity contribution in [3.8, 4) is 0 Å². The normalized spacial score (nSPS) is 13.3. The van der Waals surface area contributed by atoms with E-state index in [0.29, 0.717) is 0 Å². The molecule has 0 bridgehead atoms. The Morgan fingerprint density at radius 1 is 1.53 bits per heavy atom. The lowest BCUT2D eigenvalue weighted by molar-refractivity contribution is -0.0761. The summed E-state index contributed by atoms with van der Waals surface area (Å²) in [5.74, 6) is -2.11. The molecule has 0 spiro atoms. The van der Waals surface area contributed by atoms with Gasteiger partial charge in [-0.15, -0.1) is 0 Å². The molecule has 2 N–H and O–H groups in total. The van der Waals surface area contributed by atoms with E-state index in [9.17, 15) is 13.9 Å². The van der Waals surface area contributed by atoms with Crippen LogP contribution in [0.1, 0.15) is 11.9 Å². The molecular weight excluding hydrogens is 206 g/mol. The Kier molecular flexibility index (Phi) is 2.37. The van der Waals surface area contributed by atoms with E-state index in [2.05, 4.69) is 14.7 Å². The molecule has 0 saturated heterocycles. The number of halogens is 2. The molecule has 0 saturated carbocycles. The van der Waals surface area contributed by atoms with Gasteiger partial charge in [-0.25, -0.2) is 13.8 Å². The van der Waals surface area contributed by atoms with Gasteiger partial charge in [-0.1, -0.05) is 0 Å². The number of hydrogen-bond acceptors (Lipinski definition) is 3. The molecule has 15 heavy (non-hydrogen) atoms. The molecular formula is C9H8F2N2O2. The van der Waals surface area contributed by atoms with Crippen molar-refractivity contribution in [1.82, 2.24) is 9.97 Å². The first-order valence-electron chi connectivity index (χ1n) is 4.17. The first kappa shape index (κ1) is 10.0. The van der Waals surface area contributed by atoms with Crippen molar-refractivity contribution < 1.29 is 18.6 Å². The molecule has 1 aromatic carbocycles. The lowest BCUT2D eigenvalue weighted by Gasteiger charge is -2.09. The van der Waals surface area contributed by atoms with Gasteiger partial charge in [0.05, 0.1) is 11.8 Å². The Bertz CT molecular complexity index is 498. The highest BCUT2D eigenvalue weighted by atomic mass is 19.2. The fraction of sp³-hybridized carbons (Fsp3) is 0.222. The SMILES string of the molecule is COC(O)c1cc(F)c(F)c2nc[nH]c12. The topological polar surface area (TPSA) is 58.1 Å². The number of aliphatic hydroxyl groups excluding tert-OH is 1. The zero-order valence-corrected chi connectivity index (χ0v) is 7.79. The standard InChI is InChI=1S/C9H8F2N2O2/c1-15-9(14)4-2-5(10)6(11)8-7(4)12-3-13-8/h2-3,9,14H,1H3,(H,12,13). The summed E-state index contributed by atoms with van der Waals surface area (Å²) < 4.78 is 30.9. The molecule has 0 aliphatic carbocycles. The maximum atomic E-state index is 13.2. The molecule has 80 valence electrons.